The van der Waals surface area contributed by atoms with Gasteiger partial charge in [-0.15, -0.1) is 0 Å². The Bertz CT molecular complexity index is 712. The number of hydrogen-bond donors (Lipinski definition) is 2. The predicted octanol–water partition coefficient (Wildman–Crippen LogP) is 2.66. The minimum Gasteiger partial charge on any atom is -0.497 e. The molecule has 2 N–H and O–H groups in total. The van der Waals surface area contributed by atoms with E-state index in [0.29, 0.717) is 5.71 Å². The number of hydrazone groups is 1. The molecule has 0 heterocycles. The van der Waals surface area contributed by atoms with Crippen LogP contribution in [0.15, 0.2) is 53.6 Å². The number of methoxy groups -OCH3 is 2. The zero-order chi connectivity index (χ0) is 17.4. The highest BCUT2D eigenvalue weighted by Crippen LogP contribution is 2.15. The largest absolute Gasteiger partial charge is 0.497 e. The van der Waals surface area contributed by atoms with E-state index in [-0.39, 0.29) is 12.5 Å². The maximum atomic E-state index is 11.9. The van der Waals surface area contributed by atoms with E-state index in [0.717, 1.165) is 22.7 Å². The summed E-state index contributed by atoms with van der Waals surface area (Å²) in [7, 11) is 3.22. The molecule has 0 aliphatic rings. The Morgan fingerprint density at radius 1 is 1.04 bits per heavy atom. The average molecular weight is 327 g/mol. The molecule has 0 bridgehead atoms. The summed E-state index contributed by atoms with van der Waals surface area (Å²) < 4.78 is 10.3. The highest BCUT2D eigenvalue weighted by molar-refractivity contribution is 5.99. The molecule has 2 aromatic rings. The Morgan fingerprint density at radius 3 is 2.42 bits per heavy atom. The minimum atomic E-state index is -0.229. The molecule has 0 spiro atoms. The fraction of sp³-hybridized carbons (Fsp3) is 0.222. The zero-order valence-corrected chi connectivity index (χ0v) is 14.0. The number of hydrogen-bond acceptors (Lipinski definition) is 5. The smallest absolute Gasteiger partial charge is 0.259 e. The number of ether oxygens (including phenoxy) is 2. The second-order valence-electron chi connectivity index (χ2n) is 5.05. The van der Waals surface area contributed by atoms with Crippen LogP contribution >= 0.6 is 0 Å². The molecule has 0 aromatic heterocycles. The molecule has 2 rings (SSSR count). The predicted molar refractivity (Wildman–Crippen MR) is 94.8 cm³/mol. The van der Waals surface area contributed by atoms with Gasteiger partial charge >= 0.3 is 0 Å². The number of benzene rings is 2. The molecule has 0 saturated carbocycles. The first-order valence-electron chi connectivity index (χ1n) is 7.48. The Labute approximate surface area is 141 Å². The number of rotatable bonds is 7. The van der Waals surface area contributed by atoms with Gasteiger partial charge in [0.05, 0.1) is 26.5 Å². The number of nitrogens with one attached hydrogen (secondary N) is 2. The Balaban J connectivity index is 1.86. The molecule has 24 heavy (non-hydrogen) atoms. The number of anilines is 1. The summed E-state index contributed by atoms with van der Waals surface area (Å²) in [6, 6.07) is 14.8. The number of amides is 1. The first-order chi connectivity index (χ1) is 11.6. The molecule has 126 valence electrons. The lowest BCUT2D eigenvalue weighted by atomic mass is 10.1. The van der Waals surface area contributed by atoms with Crippen LogP contribution in [0.1, 0.15) is 12.5 Å². The molecule has 0 fully saturated rings. The third kappa shape index (κ3) is 5.01. The summed E-state index contributed by atoms with van der Waals surface area (Å²) in [6.45, 7) is 1.95. The van der Waals surface area contributed by atoms with E-state index in [1.54, 1.807) is 14.2 Å². The van der Waals surface area contributed by atoms with Crippen LogP contribution in [0.3, 0.4) is 0 Å². The highest BCUT2D eigenvalue weighted by Gasteiger charge is 2.03. The van der Waals surface area contributed by atoms with Crippen molar-refractivity contribution in [2.75, 3.05) is 26.1 Å². The van der Waals surface area contributed by atoms with Gasteiger partial charge in [-0.1, -0.05) is 12.1 Å². The normalized spacial score (nSPS) is 10.9. The first-order valence-corrected chi connectivity index (χ1v) is 7.48. The summed E-state index contributed by atoms with van der Waals surface area (Å²) in [5, 5.41) is 7.13. The van der Waals surface area contributed by atoms with Crippen molar-refractivity contribution in [1.29, 1.82) is 0 Å². The molecular weight excluding hydrogens is 306 g/mol. The molecule has 1 amide bonds. The van der Waals surface area contributed by atoms with E-state index in [1.165, 1.54) is 0 Å². The lowest BCUT2D eigenvalue weighted by Crippen LogP contribution is -2.26. The summed E-state index contributed by atoms with van der Waals surface area (Å²) in [5.41, 5.74) is 4.95. The van der Waals surface area contributed by atoms with Crippen molar-refractivity contribution in [1.82, 2.24) is 5.43 Å². The van der Waals surface area contributed by atoms with Crippen LogP contribution < -0.4 is 20.2 Å². The molecule has 0 aliphatic heterocycles. The molecular formula is C18H21N3O3. The minimum absolute atomic E-state index is 0.126. The Morgan fingerprint density at radius 2 is 1.75 bits per heavy atom. The quantitative estimate of drug-likeness (QED) is 0.606. The van der Waals surface area contributed by atoms with Gasteiger partial charge in [0.2, 0.25) is 0 Å². The van der Waals surface area contributed by atoms with Gasteiger partial charge in [0.1, 0.15) is 11.5 Å². The van der Waals surface area contributed by atoms with Crippen LogP contribution in [-0.2, 0) is 4.79 Å². The van der Waals surface area contributed by atoms with Crippen LogP contribution in [0, 0.1) is 0 Å². The van der Waals surface area contributed by atoms with Gasteiger partial charge in [0, 0.05) is 11.3 Å². The second-order valence-corrected chi connectivity index (χ2v) is 5.05. The fourth-order valence-electron chi connectivity index (χ4n) is 1.99. The SMILES string of the molecule is COc1ccc(NCC(=O)N/N=C(/C)c2cccc(OC)c2)cc1. The van der Waals surface area contributed by atoms with Crippen molar-refractivity contribution in [3.05, 3.63) is 54.1 Å². The number of carbonyl (C=O) groups excluding carboxylic acids is 1. The molecule has 0 radical (unpaired) electrons. The van der Waals surface area contributed by atoms with Gasteiger partial charge < -0.3 is 14.8 Å². The average Bonchev–Trinajstić information content (AvgIpc) is 2.64. The van der Waals surface area contributed by atoms with Gasteiger partial charge in [0.25, 0.3) is 5.91 Å². The molecule has 0 atom stereocenters. The molecule has 0 saturated heterocycles. The third-order valence-corrected chi connectivity index (χ3v) is 3.38. The third-order valence-electron chi connectivity index (χ3n) is 3.38. The van der Waals surface area contributed by atoms with Gasteiger partial charge in [-0.3, -0.25) is 4.79 Å². The summed E-state index contributed by atoms with van der Waals surface area (Å²) in [4.78, 5) is 11.9. The van der Waals surface area contributed by atoms with Crippen molar-refractivity contribution >= 4 is 17.3 Å². The second kappa shape index (κ2) is 8.57. The van der Waals surface area contributed by atoms with E-state index >= 15 is 0 Å². The van der Waals surface area contributed by atoms with Crippen molar-refractivity contribution in [3.63, 3.8) is 0 Å². The molecule has 6 nitrogen and oxygen atoms in total. The van der Waals surface area contributed by atoms with Crippen LogP contribution in [0.25, 0.3) is 0 Å². The summed E-state index contributed by atoms with van der Waals surface area (Å²) in [5.74, 6) is 1.28. The summed E-state index contributed by atoms with van der Waals surface area (Å²) >= 11 is 0. The lowest BCUT2D eigenvalue weighted by molar-refractivity contribution is -0.119. The highest BCUT2D eigenvalue weighted by atomic mass is 16.5. The van der Waals surface area contributed by atoms with Gasteiger partial charge in [-0.2, -0.15) is 5.10 Å². The topological polar surface area (TPSA) is 72.0 Å². The van der Waals surface area contributed by atoms with E-state index in [9.17, 15) is 4.79 Å². The molecule has 0 aliphatic carbocycles. The van der Waals surface area contributed by atoms with Gasteiger partial charge in [-0.25, -0.2) is 5.43 Å². The Kier molecular flexibility index (Phi) is 6.19. The van der Waals surface area contributed by atoms with E-state index in [1.807, 2.05) is 55.5 Å². The van der Waals surface area contributed by atoms with Crippen LogP contribution in [-0.4, -0.2) is 32.4 Å². The monoisotopic (exact) mass is 327 g/mol. The maximum Gasteiger partial charge on any atom is 0.259 e. The number of nitrogens with zero attached hydrogens (tertiary/aromatic N) is 1. The molecule has 2 aromatic carbocycles. The van der Waals surface area contributed by atoms with Crippen molar-refractivity contribution in [2.45, 2.75) is 6.92 Å². The van der Waals surface area contributed by atoms with Crippen molar-refractivity contribution in [3.8, 4) is 11.5 Å². The van der Waals surface area contributed by atoms with Gasteiger partial charge in [-0.05, 0) is 43.3 Å². The molecule has 0 unspecified atom stereocenters. The van der Waals surface area contributed by atoms with E-state index in [2.05, 4.69) is 15.8 Å². The van der Waals surface area contributed by atoms with Crippen LogP contribution in [0.2, 0.25) is 0 Å². The summed E-state index contributed by atoms with van der Waals surface area (Å²) in [6.07, 6.45) is 0. The van der Waals surface area contributed by atoms with Crippen LogP contribution in [0.4, 0.5) is 5.69 Å². The van der Waals surface area contributed by atoms with E-state index in [4.69, 9.17) is 9.47 Å². The first kappa shape index (κ1) is 17.3. The van der Waals surface area contributed by atoms with Crippen LogP contribution in [0.5, 0.6) is 11.5 Å². The maximum absolute atomic E-state index is 11.9. The fourth-order valence-corrected chi connectivity index (χ4v) is 1.99. The van der Waals surface area contributed by atoms with Crippen molar-refractivity contribution in [2.24, 2.45) is 5.10 Å². The Hall–Kier alpha value is -3.02. The lowest BCUT2D eigenvalue weighted by Gasteiger charge is -2.07. The standard InChI is InChI=1S/C18H21N3O3/c1-13(14-5-4-6-17(11-14)24-3)20-21-18(22)12-19-15-7-9-16(23-2)10-8-15/h4-11,19H,12H2,1-3H3,(H,21,22)/b20-13-. The van der Waals surface area contributed by atoms with Crippen molar-refractivity contribution < 1.29 is 14.3 Å². The molecule has 6 heteroatoms. The van der Waals surface area contributed by atoms with Gasteiger partial charge in [0.15, 0.2) is 0 Å². The van der Waals surface area contributed by atoms with E-state index < -0.39 is 0 Å². The number of carbonyl (C=O) groups is 1. The zero-order valence-electron chi connectivity index (χ0n) is 14.0.